The van der Waals surface area contributed by atoms with E-state index < -0.39 is 11.7 Å². The Labute approximate surface area is 190 Å². The third-order valence-electron chi connectivity index (χ3n) is 5.40. The van der Waals surface area contributed by atoms with Gasteiger partial charge in [-0.15, -0.1) is 0 Å². The van der Waals surface area contributed by atoms with Gasteiger partial charge in [0.15, 0.2) is 5.82 Å². The molecule has 1 saturated heterocycles. The molecule has 1 N–H and O–H groups in total. The summed E-state index contributed by atoms with van der Waals surface area (Å²) in [5, 5.41) is 3.13. The van der Waals surface area contributed by atoms with Gasteiger partial charge in [0.25, 0.3) is 0 Å². The quantitative estimate of drug-likeness (QED) is 0.749. The number of nitrogens with zero attached hydrogens (tertiary/aromatic N) is 6. The zero-order chi connectivity index (χ0) is 23.4. The van der Waals surface area contributed by atoms with Gasteiger partial charge in [-0.1, -0.05) is 18.2 Å². The van der Waals surface area contributed by atoms with Gasteiger partial charge in [-0.25, -0.2) is 0 Å². The van der Waals surface area contributed by atoms with E-state index >= 15 is 0 Å². The van der Waals surface area contributed by atoms with Gasteiger partial charge in [0.1, 0.15) is 5.84 Å². The molecule has 33 heavy (non-hydrogen) atoms. The number of likely N-dealkylation sites (N-methyl/N-ethyl adjacent to an activating group) is 1. The van der Waals surface area contributed by atoms with E-state index in [2.05, 4.69) is 42.1 Å². The van der Waals surface area contributed by atoms with Gasteiger partial charge < -0.3 is 15.1 Å². The Kier molecular flexibility index (Phi) is 6.73. The Morgan fingerprint density at radius 2 is 1.88 bits per heavy atom. The predicted molar refractivity (Wildman–Crippen MR) is 124 cm³/mol. The van der Waals surface area contributed by atoms with Crippen LogP contribution in [0.2, 0.25) is 0 Å². The van der Waals surface area contributed by atoms with E-state index in [9.17, 15) is 13.2 Å². The fourth-order valence-corrected chi connectivity index (χ4v) is 3.61. The second kappa shape index (κ2) is 9.70. The third-order valence-corrected chi connectivity index (χ3v) is 5.40. The van der Waals surface area contributed by atoms with Crippen LogP contribution in [-0.2, 0) is 6.18 Å². The first-order valence-electron chi connectivity index (χ1n) is 10.8. The highest BCUT2D eigenvalue weighted by atomic mass is 19.4. The van der Waals surface area contributed by atoms with Crippen molar-refractivity contribution in [3.63, 3.8) is 0 Å². The zero-order valence-corrected chi connectivity index (χ0v) is 18.6. The molecule has 2 aliphatic rings. The number of hydrogen-bond acceptors (Lipinski definition) is 7. The minimum Gasteiger partial charge on any atom is -0.339 e. The van der Waals surface area contributed by atoms with E-state index in [4.69, 9.17) is 0 Å². The van der Waals surface area contributed by atoms with Gasteiger partial charge in [-0.05, 0) is 62.4 Å². The highest BCUT2D eigenvalue weighted by Gasteiger charge is 2.30. The molecule has 2 aliphatic heterocycles. The number of nitrogens with one attached hydrogen (secondary N) is 1. The van der Waals surface area contributed by atoms with Gasteiger partial charge in [0, 0.05) is 19.6 Å². The smallest absolute Gasteiger partial charge is 0.339 e. The topological polar surface area (TPSA) is 69.5 Å². The van der Waals surface area contributed by atoms with Crippen molar-refractivity contribution < 1.29 is 13.2 Å². The molecule has 0 unspecified atom stereocenters. The van der Waals surface area contributed by atoms with E-state index in [1.807, 2.05) is 13.0 Å². The van der Waals surface area contributed by atoms with E-state index in [0.717, 1.165) is 50.3 Å². The number of aromatic nitrogens is 3. The number of aliphatic imine (C=N–C) groups is 1. The van der Waals surface area contributed by atoms with E-state index in [1.165, 1.54) is 6.07 Å². The van der Waals surface area contributed by atoms with Crippen molar-refractivity contribution in [2.24, 2.45) is 4.99 Å². The Morgan fingerprint density at radius 3 is 2.64 bits per heavy atom. The van der Waals surface area contributed by atoms with Crippen molar-refractivity contribution in [1.82, 2.24) is 19.9 Å². The van der Waals surface area contributed by atoms with Crippen LogP contribution < -0.4 is 10.2 Å². The average Bonchev–Trinajstić information content (AvgIpc) is 3.05. The van der Waals surface area contributed by atoms with Crippen LogP contribution in [0, 0.1) is 0 Å². The fraction of sp³-hybridized carbons (Fsp3) is 0.391. The van der Waals surface area contributed by atoms with E-state index in [1.54, 1.807) is 18.2 Å². The van der Waals surface area contributed by atoms with Crippen molar-refractivity contribution in [2.45, 2.75) is 19.5 Å². The molecule has 0 radical (unpaired) electrons. The van der Waals surface area contributed by atoms with Crippen molar-refractivity contribution in [3.8, 4) is 0 Å². The lowest BCUT2D eigenvalue weighted by molar-refractivity contribution is -0.137. The molecule has 0 amide bonds. The summed E-state index contributed by atoms with van der Waals surface area (Å²) in [5.41, 5.74) is 0.849. The summed E-state index contributed by atoms with van der Waals surface area (Å²) in [5.74, 6) is 1.92. The Morgan fingerprint density at radius 1 is 1.03 bits per heavy atom. The lowest BCUT2D eigenvalue weighted by Crippen LogP contribution is -2.30. The molecule has 0 saturated carbocycles. The average molecular weight is 458 g/mol. The molecule has 1 aromatic carbocycles. The van der Waals surface area contributed by atoms with Gasteiger partial charge in [0.2, 0.25) is 11.9 Å². The standard InChI is InChI=1S/C23H26F3N7/c1-16-13-20(27-15-16)29-21-28-19(8-7-17-5-3-6-18(14-17)23(24,25)26)30-22(31-21)33-10-4-9-32(2)11-12-33/h3,5-8,13-14H,4,9-12,15H2,1-2H3,(H,27,28,29,30,31)/b8-7+. The first kappa shape index (κ1) is 22.9. The molecule has 7 nitrogen and oxygen atoms in total. The largest absolute Gasteiger partial charge is 0.416 e. The van der Waals surface area contributed by atoms with Crippen LogP contribution in [0.1, 0.15) is 30.3 Å². The minimum atomic E-state index is -4.39. The minimum absolute atomic E-state index is 0.353. The van der Waals surface area contributed by atoms with Gasteiger partial charge in [-0.3, -0.25) is 4.99 Å². The number of benzene rings is 1. The van der Waals surface area contributed by atoms with Crippen molar-refractivity contribution in [2.75, 3.05) is 50.0 Å². The lowest BCUT2D eigenvalue weighted by atomic mass is 10.1. The molecule has 4 rings (SSSR count). The van der Waals surface area contributed by atoms with Crippen LogP contribution in [0.4, 0.5) is 25.1 Å². The summed E-state index contributed by atoms with van der Waals surface area (Å²) in [4.78, 5) is 22.4. The predicted octanol–water partition coefficient (Wildman–Crippen LogP) is 3.97. The Bertz CT molecular complexity index is 1090. The van der Waals surface area contributed by atoms with Crippen LogP contribution >= 0.6 is 0 Å². The number of anilines is 2. The van der Waals surface area contributed by atoms with Crippen molar-refractivity contribution in [3.05, 3.63) is 52.9 Å². The zero-order valence-electron chi connectivity index (χ0n) is 18.6. The van der Waals surface area contributed by atoms with Gasteiger partial charge in [0.05, 0.1) is 12.1 Å². The summed E-state index contributed by atoms with van der Waals surface area (Å²) in [7, 11) is 2.08. The summed E-state index contributed by atoms with van der Waals surface area (Å²) < 4.78 is 39.1. The van der Waals surface area contributed by atoms with Gasteiger partial charge in [-0.2, -0.15) is 28.1 Å². The van der Waals surface area contributed by atoms with Crippen molar-refractivity contribution in [1.29, 1.82) is 0 Å². The highest BCUT2D eigenvalue weighted by molar-refractivity contribution is 6.04. The maximum atomic E-state index is 13.0. The van der Waals surface area contributed by atoms with E-state index in [0.29, 0.717) is 35.7 Å². The molecule has 0 aliphatic carbocycles. The molecule has 0 spiro atoms. The number of halogens is 3. The lowest BCUT2D eigenvalue weighted by Gasteiger charge is -2.21. The van der Waals surface area contributed by atoms with Crippen LogP contribution in [-0.4, -0.2) is 65.5 Å². The number of amidine groups is 1. The summed E-state index contributed by atoms with van der Waals surface area (Å²) in [6, 6.07) is 5.14. The molecule has 174 valence electrons. The molecule has 3 heterocycles. The maximum Gasteiger partial charge on any atom is 0.416 e. The van der Waals surface area contributed by atoms with Crippen molar-refractivity contribution >= 4 is 29.9 Å². The Balaban J connectivity index is 1.63. The third kappa shape index (κ3) is 6.16. The number of rotatable bonds is 4. The summed E-state index contributed by atoms with van der Waals surface area (Å²) in [6.07, 6.45) is 1.70. The van der Waals surface area contributed by atoms with Crippen LogP contribution in [0.3, 0.4) is 0 Å². The highest BCUT2D eigenvalue weighted by Crippen LogP contribution is 2.30. The van der Waals surface area contributed by atoms with Crippen LogP contribution in [0.15, 0.2) is 40.9 Å². The number of hydrogen-bond donors (Lipinski definition) is 1. The van der Waals surface area contributed by atoms with Crippen LogP contribution in [0.5, 0.6) is 0 Å². The molecule has 10 heteroatoms. The summed E-state index contributed by atoms with van der Waals surface area (Å²) >= 11 is 0. The van der Waals surface area contributed by atoms with E-state index in [-0.39, 0.29) is 0 Å². The number of alkyl halides is 3. The molecular formula is C23H26F3N7. The van der Waals surface area contributed by atoms with Crippen LogP contribution in [0.25, 0.3) is 12.2 Å². The normalized spacial score (nSPS) is 17.8. The summed E-state index contributed by atoms with van der Waals surface area (Å²) in [6.45, 7) is 6.09. The maximum absolute atomic E-state index is 13.0. The SMILES string of the molecule is CC1=CC(Nc2nc(/C=C/c3cccc(C(F)(F)F)c3)nc(N3CCCN(C)CC3)n2)=NC1. The molecular weight excluding hydrogens is 431 g/mol. The fourth-order valence-electron chi connectivity index (χ4n) is 3.61. The Hall–Kier alpha value is -3.27. The second-order valence-electron chi connectivity index (χ2n) is 8.23. The molecule has 2 aromatic rings. The molecule has 1 fully saturated rings. The molecule has 0 bridgehead atoms. The monoisotopic (exact) mass is 457 g/mol. The van der Waals surface area contributed by atoms with Gasteiger partial charge >= 0.3 is 6.18 Å². The molecule has 1 aromatic heterocycles. The molecule has 0 atom stereocenters. The first-order chi connectivity index (χ1) is 15.8. The first-order valence-corrected chi connectivity index (χ1v) is 10.8. The second-order valence-corrected chi connectivity index (χ2v) is 8.23.